The summed E-state index contributed by atoms with van der Waals surface area (Å²) in [6.07, 6.45) is 5.90. The molecule has 4 heteroatoms. The maximum absolute atomic E-state index is 6.53. The van der Waals surface area contributed by atoms with Crippen molar-refractivity contribution >= 4 is 11.6 Å². The van der Waals surface area contributed by atoms with E-state index in [1.165, 1.54) is 19.3 Å². The molecule has 0 unspecified atom stereocenters. The number of rotatable bonds is 4. The van der Waals surface area contributed by atoms with Gasteiger partial charge in [-0.05, 0) is 24.5 Å². The molecular weight excluding hydrogens is 262 g/mol. The number of halogens is 1. The molecule has 2 N–H and O–H groups in total. The highest BCUT2D eigenvalue weighted by atomic mass is 35.5. The minimum Gasteiger partial charge on any atom is -0.493 e. The minimum atomic E-state index is -0.00507. The van der Waals surface area contributed by atoms with Crippen molar-refractivity contribution in [2.24, 2.45) is 5.73 Å². The van der Waals surface area contributed by atoms with E-state index >= 15 is 0 Å². The van der Waals surface area contributed by atoms with Crippen LogP contribution in [0.1, 0.15) is 37.7 Å². The Morgan fingerprint density at radius 1 is 1.16 bits per heavy atom. The SMILES string of the molecule is COc1ccc(C2(CN)CCCCC2)c(Cl)c1OC. The third-order valence-electron chi connectivity index (χ3n) is 4.26. The fraction of sp³-hybridized carbons (Fsp3) is 0.600. The zero-order chi connectivity index (χ0) is 13.9. The molecule has 0 saturated heterocycles. The first-order chi connectivity index (χ1) is 9.18. The van der Waals surface area contributed by atoms with Gasteiger partial charge in [-0.2, -0.15) is 0 Å². The summed E-state index contributed by atoms with van der Waals surface area (Å²) in [7, 11) is 3.23. The van der Waals surface area contributed by atoms with Crippen LogP contribution >= 0.6 is 11.6 Å². The molecule has 0 heterocycles. The third-order valence-corrected chi connectivity index (χ3v) is 4.63. The van der Waals surface area contributed by atoms with Gasteiger partial charge in [-0.1, -0.05) is 36.9 Å². The molecule has 0 atom stereocenters. The molecule has 0 radical (unpaired) electrons. The summed E-state index contributed by atoms with van der Waals surface area (Å²) < 4.78 is 10.7. The molecule has 19 heavy (non-hydrogen) atoms. The average Bonchev–Trinajstić information content (AvgIpc) is 2.47. The maximum Gasteiger partial charge on any atom is 0.179 e. The van der Waals surface area contributed by atoms with E-state index in [9.17, 15) is 0 Å². The molecule has 0 bridgehead atoms. The molecule has 1 aliphatic carbocycles. The Kier molecular flexibility index (Phi) is 4.58. The number of nitrogens with two attached hydrogens (primary N) is 1. The Morgan fingerprint density at radius 3 is 2.37 bits per heavy atom. The highest BCUT2D eigenvalue weighted by molar-refractivity contribution is 6.33. The van der Waals surface area contributed by atoms with Crippen molar-refractivity contribution in [1.82, 2.24) is 0 Å². The van der Waals surface area contributed by atoms with Gasteiger partial charge in [0.2, 0.25) is 0 Å². The fourth-order valence-corrected chi connectivity index (χ4v) is 3.54. The summed E-state index contributed by atoms with van der Waals surface area (Å²) in [5, 5.41) is 0.647. The lowest BCUT2D eigenvalue weighted by molar-refractivity contribution is 0.298. The lowest BCUT2D eigenvalue weighted by Gasteiger charge is -2.37. The van der Waals surface area contributed by atoms with E-state index in [1.54, 1.807) is 14.2 Å². The van der Waals surface area contributed by atoms with E-state index in [-0.39, 0.29) is 5.41 Å². The molecule has 106 valence electrons. The molecule has 0 amide bonds. The van der Waals surface area contributed by atoms with Crippen LogP contribution in [0.25, 0.3) is 0 Å². The van der Waals surface area contributed by atoms with Gasteiger partial charge in [-0.3, -0.25) is 0 Å². The Bertz CT molecular complexity index is 442. The van der Waals surface area contributed by atoms with E-state index in [4.69, 9.17) is 26.8 Å². The summed E-state index contributed by atoms with van der Waals surface area (Å²) in [5.41, 5.74) is 7.17. The van der Waals surface area contributed by atoms with Gasteiger partial charge in [0.05, 0.1) is 19.2 Å². The molecule has 1 saturated carbocycles. The van der Waals surface area contributed by atoms with Crippen molar-refractivity contribution in [3.05, 3.63) is 22.7 Å². The van der Waals surface area contributed by atoms with Crippen LogP contribution in [-0.4, -0.2) is 20.8 Å². The molecule has 0 spiro atoms. The second-order valence-corrected chi connectivity index (χ2v) is 5.59. The predicted molar refractivity (Wildman–Crippen MR) is 78.4 cm³/mol. The van der Waals surface area contributed by atoms with E-state index in [0.717, 1.165) is 18.4 Å². The van der Waals surface area contributed by atoms with Crippen LogP contribution in [0.3, 0.4) is 0 Å². The average molecular weight is 284 g/mol. The quantitative estimate of drug-likeness (QED) is 0.919. The highest BCUT2D eigenvalue weighted by Gasteiger charge is 2.35. The topological polar surface area (TPSA) is 44.5 Å². The summed E-state index contributed by atoms with van der Waals surface area (Å²) in [6, 6.07) is 3.97. The van der Waals surface area contributed by atoms with Crippen LogP contribution in [-0.2, 0) is 5.41 Å². The molecule has 1 aromatic rings. The predicted octanol–water partition coefficient (Wildman–Crippen LogP) is 3.52. The van der Waals surface area contributed by atoms with Crippen molar-refractivity contribution in [2.45, 2.75) is 37.5 Å². The fourth-order valence-electron chi connectivity index (χ4n) is 3.11. The molecule has 0 aromatic heterocycles. The molecule has 1 aliphatic rings. The smallest absolute Gasteiger partial charge is 0.179 e. The van der Waals surface area contributed by atoms with Gasteiger partial charge in [0, 0.05) is 12.0 Å². The van der Waals surface area contributed by atoms with Gasteiger partial charge in [-0.15, -0.1) is 0 Å². The third kappa shape index (κ3) is 2.54. The number of hydrogen-bond acceptors (Lipinski definition) is 3. The first kappa shape index (κ1) is 14.5. The Hall–Kier alpha value is -0.930. The van der Waals surface area contributed by atoms with Gasteiger partial charge in [-0.25, -0.2) is 0 Å². The highest BCUT2D eigenvalue weighted by Crippen LogP contribution is 2.46. The summed E-state index contributed by atoms with van der Waals surface area (Å²) in [4.78, 5) is 0. The first-order valence-corrected chi connectivity index (χ1v) is 7.17. The van der Waals surface area contributed by atoms with Crippen LogP contribution in [0.4, 0.5) is 0 Å². The van der Waals surface area contributed by atoms with Crippen molar-refractivity contribution in [1.29, 1.82) is 0 Å². The van der Waals surface area contributed by atoms with Crippen molar-refractivity contribution in [3.8, 4) is 11.5 Å². The lowest BCUT2D eigenvalue weighted by Crippen LogP contribution is -2.37. The van der Waals surface area contributed by atoms with Crippen LogP contribution in [0, 0.1) is 0 Å². The molecular formula is C15H22ClNO2. The van der Waals surface area contributed by atoms with Crippen molar-refractivity contribution in [2.75, 3.05) is 20.8 Å². The molecule has 3 nitrogen and oxygen atoms in total. The van der Waals surface area contributed by atoms with Crippen molar-refractivity contribution in [3.63, 3.8) is 0 Å². The van der Waals surface area contributed by atoms with E-state index < -0.39 is 0 Å². The second-order valence-electron chi connectivity index (χ2n) is 5.21. The molecule has 2 rings (SSSR count). The van der Waals surface area contributed by atoms with E-state index in [0.29, 0.717) is 23.1 Å². The standard InChI is InChI=1S/C15H22ClNO2/c1-18-12-7-6-11(13(16)14(12)19-2)15(10-17)8-4-3-5-9-15/h6-7H,3-5,8-10,17H2,1-2H3. The molecule has 0 aliphatic heterocycles. The van der Waals surface area contributed by atoms with Crippen LogP contribution in [0.15, 0.2) is 12.1 Å². The molecule has 1 fully saturated rings. The van der Waals surface area contributed by atoms with Gasteiger partial charge >= 0.3 is 0 Å². The number of ether oxygens (including phenoxy) is 2. The van der Waals surface area contributed by atoms with E-state index in [2.05, 4.69) is 0 Å². The Balaban J connectivity index is 2.49. The van der Waals surface area contributed by atoms with Gasteiger partial charge in [0.1, 0.15) is 0 Å². The van der Waals surface area contributed by atoms with Gasteiger partial charge in [0.15, 0.2) is 11.5 Å². The minimum absolute atomic E-state index is 0.00507. The van der Waals surface area contributed by atoms with Gasteiger partial charge < -0.3 is 15.2 Å². The van der Waals surface area contributed by atoms with Crippen LogP contribution in [0.2, 0.25) is 5.02 Å². The summed E-state index contributed by atoms with van der Waals surface area (Å²) >= 11 is 6.53. The monoisotopic (exact) mass is 283 g/mol. The Labute approximate surface area is 120 Å². The van der Waals surface area contributed by atoms with Crippen LogP contribution in [0.5, 0.6) is 11.5 Å². The zero-order valence-electron chi connectivity index (χ0n) is 11.7. The van der Waals surface area contributed by atoms with Gasteiger partial charge in [0.25, 0.3) is 0 Å². The summed E-state index contributed by atoms with van der Waals surface area (Å²) in [5.74, 6) is 1.28. The summed E-state index contributed by atoms with van der Waals surface area (Å²) in [6.45, 7) is 0.627. The first-order valence-electron chi connectivity index (χ1n) is 6.79. The zero-order valence-corrected chi connectivity index (χ0v) is 12.4. The Morgan fingerprint density at radius 2 is 1.84 bits per heavy atom. The normalized spacial score (nSPS) is 18.1. The van der Waals surface area contributed by atoms with E-state index in [1.807, 2.05) is 12.1 Å². The number of hydrogen-bond donors (Lipinski definition) is 1. The number of benzene rings is 1. The van der Waals surface area contributed by atoms with Crippen molar-refractivity contribution < 1.29 is 9.47 Å². The van der Waals surface area contributed by atoms with Crippen LogP contribution < -0.4 is 15.2 Å². The second kappa shape index (κ2) is 6.02. The largest absolute Gasteiger partial charge is 0.493 e. The maximum atomic E-state index is 6.53. The molecule has 1 aromatic carbocycles. The number of methoxy groups -OCH3 is 2. The lowest BCUT2D eigenvalue weighted by atomic mass is 9.69.